The number of morpholine rings is 1. The Balaban J connectivity index is 1.24. The number of benzene rings is 3. The van der Waals surface area contributed by atoms with Gasteiger partial charge in [0, 0.05) is 53.9 Å². The summed E-state index contributed by atoms with van der Waals surface area (Å²) in [5, 5.41) is 10.8. The average molecular weight is 594 g/mol. The van der Waals surface area contributed by atoms with Crippen molar-refractivity contribution in [1.82, 2.24) is 20.3 Å². The van der Waals surface area contributed by atoms with E-state index in [2.05, 4.69) is 26.2 Å². The van der Waals surface area contributed by atoms with Crippen molar-refractivity contribution in [2.45, 2.75) is 25.0 Å². The lowest BCUT2D eigenvalue weighted by atomic mass is 10.1. The number of aromatic nitrogens is 3. The van der Waals surface area contributed by atoms with Gasteiger partial charge in [-0.05, 0) is 79.6 Å². The van der Waals surface area contributed by atoms with E-state index in [1.165, 1.54) is 6.07 Å². The Morgan fingerprint density at radius 2 is 1.30 bits per heavy atom. The summed E-state index contributed by atoms with van der Waals surface area (Å²) in [6.07, 6.45) is 2.35. The quantitative estimate of drug-likeness (QED) is 0.213. The fraction of sp³-hybridized carbons (Fsp3) is 0.226. The molecule has 2 atom stereocenters. The van der Waals surface area contributed by atoms with Gasteiger partial charge in [-0.3, -0.25) is 4.79 Å². The number of amides is 5. The van der Waals surface area contributed by atoms with Crippen LogP contribution in [0.25, 0.3) is 22.8 Å². The summed E-state index contributed by atoms with van der Waals surface area (Å²) in [7, 11) is 1.56. The van der Waals surface area contributed by atoms with Crippen molar-refractivity contribution < 1.29 is 19.1 Å². The van der Waals surface area contributed by atoms with Crippen LogP contribution in [0.4, 0.5) is 32.6 Å². The van der Waals surface area contributed by atoms with Crippen molar-refractivity contribution in [3.05, 3.63) is 78.4 Å². The molecule has 2 saturated heterocycles. The summed E-state index contributed by atoms with van der Waals surface area (Å²) in [4.78, 5) is 52.3. The van der Waals surface area contributed by atoms with Gasteiger partial charge in [0.1, 0.15) is 0 Å². The molecule has 2 bridgehead atoms. The Hall–Kier alpha value is -5.56. The molecule has 0 saturated carbocycles. The number of nitrogens with zero attached hydrogens (tertiary/aromatic N) is 4. The van der Waals surface area contributed by atoms with Crippen molar-refractivity contribution in [2.75, 3.05) is 41.0 Å². The van der Waals surface area contributed by atoms with Gasteiger partial charge in [0.15, 0.2) is 11.6 Å². The number of nitrogens with two attached hydrogens (primary N) is 1. The molecule has 224 valence electrons. The zero-order valence-electron chi connectivity index (χ0n) is 23.9. The molecule has 6 rings (SSSR count). The summed E-state index contributed by atoms with van der Waals surface area (Å²) in [5.74, 6) is 0.966. The van der Waals surface area contributed by atoms with Crippen molar-refractivity contribution >= 4 is 41.0 Å². The highest BCUT2D eigenvalue weighted by Gasteiger charge is 2.35. The third-order valence-corrected chi connectivity index (χ3v) is 7.38. The molecule has 0 spiro atoms. The normalized spacial score (nSPS) is 17.1. The van der Waals surface area contributed by atoms with Crippen LogP contribution in [0.15, 0.2) is 72.8 Å². The van der Waals surface area contributed by atoms with Gasteiger partial charge >= 0.3 is 12.1 Å². The molecule has 3 heterocycles. The van der Waals surface area contributed by atoms with Gasteiger partial charge in [0.2, 0.25) is 11.9 Å². The number of hydrogen-bond acceptors (Lipinski definition) is 8. The van der Waals surface area contributed by atoms with Gasteiger partial charge < -0.3 is 36.6 Å². The SMILES string of the molecule is CNC(=O)Nc1ccc(-c2nc(-c3ccc(NC(=O)Nc4cccc(C(N)=O)c4)cc3)nc(N3CC4CCC(C3)O4)n2)cc1. The Morgan fingerprint density at radius 3 is 1.84 bits per heavy atom. The van der Waals surface area contributed by atoms with Crippen LogP contribution < -0.4 is 31.9 Å². The number of rotatable bonds is 7. The molecule has 1 aromatic heterocycles. The monoisotopic (exact) mass is 593 g/mol. The molecule has 5 amide bonds. The molecule has 2 unspecified atom stereocenters. The van der Waals surface area contributed by atoms with E-state index >= 15 is 0 Å². The summed E-state index contributed by atoms with van der Waals surface area (Å²) >= 11 is 0. The Bertz CT molecular complexity index is 1680. The van der Waals surface area contributed by atoms with Crippen molar-refractivity contribution in [2.24, 2.45) is 5.73 Å². The van der Waals surface area contributed by atoms with E-state index in [4.69, 9.17) is 25.4 Å². The van der Waals surface area contributed by atoms with Crippen LogP contribution in [0.3, 0.4) is 0 Å². The second-order valence-electron chi connectivity index (χ2n) is 10.5. The summed E-state index contributed by atoms with van der Waals surface area (Å²) in [6.45, 7) is 1.41. The van der Waals surface area contributed by atoms with Crippen LogP contribution in [0.2, 0.25) is 0 Å². The van der Waals surface area contributed by atoms with E-state index in [1.54, 1.807) is 49.5 Å². The highest BCUT2D eigenvalue weighted by Crippen LogP contribution is 2.31. The molecule has 6 N–H and O–H groups in total. The first kappa shape index (κ1) is 28.6. The Kier molecular flexibility index (Phi) is 8.02. The maximum Gasteiger partial charge on any atom is 0.323 e. The van der Waals surface area contributed by atoms with Crippen molar-refractivity contribution in [3.8, 4) is 22.8 Å². The van der Waals surface area contributed by atoms with Crippen molar-refractivity contribution in [3.63, 3.8) is 0 Å². The molecular formula is C31H31N9O4. The molecule has 13 nitrogen and oxygen atoms in total. The van der Waals surface area contributed by atoms with Gasteiger partial charge in [-0.1, -0.05) is 6.07 Å². The number of ether oxygens (including phenoxy) is 1. The van der Waals surface area contributed by atoms with Crippen molar-refractivity contribution in [1.29, 1.82) is 0 Å². The van der Waals surface area contributed by atoms with Crippen LogP contribution in [0, 0.1) is 0 Å². The van der Waals surface area contributed by atoms with E-state index in [0.717, 1.165) is 24.0 Å². The molecule has 2 fully saturated rings. The number of primary amides is 1. The smallest absolute Gasteiger partial charge is 0.323 e. The first-order chi connectivity index (χ1) is 21.3. The molecule has 2 aliphatic heterocycles. The Labute approximate surface area is 253 Å². The maximum absolute atomic E-state index is 12.6. The largest absolute Gasteiger partial charge is 0.371 e. The Morgan fingerprint density at radius 1 is 0.750 bits per heavy atom. The first-order valence-corrected chi connectivity index (χ1v) is 14.2. The highest BCUT2D eigenvalue weighted by atomic mass is 16.5. The van der Waals surface area contributed by atoms with E-state index in [0.29, 0.717) is 53.3 Å². The third kappa shape index (κ3) is 6.57. The minimum atomic E-state index is -0.578. The highest BCUT2D eigenvalue weighted by molar-refractivity contribution is 6.01. The first-order valence-electron chi connectivity index (χ1n) is 14.2. The van der Waals surface area contributed by atoms with Gasteiger partial charge in [0.25, 0.3) is 0 Å². The molecule has 4 aromatic rings. The van der Waals surface area contributed by atoms with Crippen LogP contribution in [-0.2, 0) is 4.74 Å². The number of nitrogens with one attached hydrogen (secondary N) is 4. The molecular weight excluding hydrogens is 562 g/mol. The van der Waals surface area contributed by atoms with Crippen LogP contribution >= 0.6 is 0 Å². The molecule has 44 heavy (non-hydrogen) atoms. The number of urea groups is 2. The molecule has 0 radical (unpaired) electrons. The van der Waals surface area contributed by atoms with Gasteiger partial charge in [-0.25, -0.2) is 14.6 Å². The zero-order valence-corrected chi connectivity index (χ0v) is 23.9. The number of hydrogen-bond donors (Lipinski definition) is 5. The second-order valence-corrected chi connectivity index (χ2v) is 10.5. The lowest BCUT2D eigenvalue weighted by Crippen LogP contribution is -2.43. The van der Waals surface area contributed by atoms with Gasteiger partial charge in [-0.15, -0.1) is 0 Å². The lowest BCUT2D eigenvalue weighted by molar-refractivity contribution is 0.0299. The fourth-order valence-electron chi connectivity index (χ4n) is 5.19. The zero-order chi connectivity index (χ0) is 30.6. The van der Waals surface area contributed by atoms with Crippen LogP contribution in [0.5, 0.6) is 0 Å². The molecule has 3 aromatic carbocycles. The predicted octanol–water partition coefficient (Wildman–Crippen LogP) is 4.07. The topological polar surface area (TPSA) is 176 Å². The van der Waals surface area contributed by atoms with E-state index in [9.17, 15) is 14.4 Å². The number of carbonyl (C=O) groups excluding carboxylic acids is 3. The predicted molar refractivity (Wildman–Crippen MR) is 166 cm³/mol. The van der Waals surface area contributed by atoms with E-state index < -0.39 is 11.9 Å². The van der Waals surface area contributed by atoms with Crippen LogP contribution in [-0.4, -0.2) is 65.3 Å². The van der Waals surface area contributed by atoms with Gasteiger partial charge in [0.05, 0.1) is 12.2 Å². The maximum atomic E-state index is 12.6. The molecule has 2 aliphatic rings. The summed E-state index contributed by atoms with van der Waals surface area (Å²) in [6, 6.07) is 20.0. The average Bonchev–Trinajstić information content (AvgIpc) is 3.38. The number of anilines is 4. The van der Waals surface area contributed by atoms with E-state index in [-0.39, 0.29) is 18.2 Å². The number of carbonyl (C=O) groups is 3. The molecule has 0 aliphatic carbocycles. The summed E-state index contributed by atoms with van der Waals surface area (Å²) in [5.41, 5.74) is 8.76. The van der Waals surface area contributed by atoms with E-state index in [1.807, 2.05) is 24.3 Å². The minimum Gasteiger partial charge on any atom is -0.371 e. The molecule has 13 heteroatoms. The minimum absolute atomic E-state index is 0.155. The second kappa shape index (κ2) is 12.4. The third-order valence-electron chi connectivity index (χ3n) is 7.38. The van der Waals surface area contributed by atoms with Crippen LogP contribution in [0.1, 0.15) is 23.2 Å². The summed E-state index contributed by atoms with van der Waals surface area (Å²) < 4.78 is 6.02. The number of fused-ring (bicyclic) bond motifs is 2. The van der Waals surface area contributed by atoms with Gasteiger partial charge in [-0.2, -0.15) is 9.97 Å². The standard InChI is InChI=1S/C31H31N9O4/c1-33-30(42)34-21-9-5-18(6-10-21)27-37-28(39-29(38-27)40-16-24-13-14-25(17-40)44-24)19-7-11-22(12-8-19)35-31(43)36-23-4-2-3-20(15-23)26(32)41/h2-12,15,24-25H,13-14,16-17H2,1H3,(H2,32,41)(H2,33,34,42)(H2,35,36,43). The fourth-order valence-corrected chi connectivity index (χ4v) is 5.19. The lowest BCUT2D eigenvalue weighted by Gasteiger charge is -2.32.